The Morgan fingerprint density at radius 3 is 1.47 bits per heavy atom. The van der Waals surface area contributed by atoms with Crippen LogP contribution in [0.25, 0.3) is 0 Å². The Morgan fingerprint density at radius 1 is 0.600 bits per heavy atom. The van der Waals surface area contributed by atoms with Gasteiger partial charge in [-0.1, -0.05) is 72.8 Å². The van der Waals surface area contributed by atoms with Gasteiger partial charge in [-0.15, -0.1) is 0 Å². The van der Waals surface area contributed by atoms with Crippen molar-refractivity contribution in [2.24, 2.45) is 0 Å². The van der Waals surface area contributed by atoms with E-state index in [4.69, 9.17) is 0 Å². The van der Waals surface area contributed by atoms with Crippen molar-refractivity contribution in [3.63, 3.8) is 0 Å². The number of phenols is 2. The third-order valence-corrected chi connectivity index (χ3v) is 6.48. The monoisotopic (exact) mass is 392 g/mol. The maximum Gasteiger partial charge on any atom is 0.118 e. The van der Waals surface area contributed by atoms with Crippen molar-refractivity contribution in [3.05, 3.63) is 129 Å². The summed E-state index contributed by atoms with van der Waals surface area (Å²) < 4.78 is 0. The molecule has 5 rings (SSSR count). The Hall–Kier alpha value is -3.52. The molecule has 1 aliphatic carbocycles. The molecular weight excluding hydrogens is 368 g/mol. The first-order chi connectivity index (χ1) is 14.5. The van der Waals surface area contributed by atoms with E-state index in [9.17, 15) is 10.2 Å². The molecule has 2 nitrogen and oxygen atoms in total. The number of phenolic OH excluding ortho intramolecular Hbond substituents is 2. The summed E-state index contributed by atoms with van der Waals surface area (Å²) in [6, 6.07) is 29.1. The van der Waals surface area contributed by atoms with E-state index in [1.165, 1.54) is 22.3 Å². The lowest BCUT2D eigenvalue weighted by Crippen LogP contribution is -2.36. The molecule has 2 heteroatoms. The topological polar surface area (TPSA) is 40.5 Å². The molecular formula is C28H24O2. The van der Waals surface area contributed by atoms with Crippen molar-refractivity contribution in [2.75, 3.05) is 0 Å². The molecule has 148 valence electrons. The van der Waals surface area contributed by atoms with Gasteiger partial charge in [0, 0.05) is 0 Å². The number of fused-ring (bicyclic) bond motifs is 2. The lowest BCUT2D eigenvalue weighted by atomic mass is 9.59. The molecule has 0 spiro atoms. The summed E-state index contributed by atoms with van der Waals surface area (Å²) in [7, 11) is 0. The zero-order valence-corrected chi connectivity index (χ0v) is 17.2. The first kappa shape index (κ1) is 18.5. The zero-order valence-electron chi connectivity index (χ0n) is 17.2. The van der Waals surface area contributed by atoms with E-state index >= 15 is 0 Å². The molecule has 0 amide bonds. The van der Waals surface area contributed by atoms with Gasteiger partial charge in [0.15, 0.2) is 0 Å². The number of aryl methyl sites for hydroxylation is 2. The van der Waals surface area contributed by atoms with Crippen LogP contribution < -0.4 is 0 Å². The van der Waals surface area contributed by atoms with Crippen molar-refractivity contribution in [3.8, 4) is 11.5 Å². The third-order valence-electron chi connectivity index (χ3n) is 6.48. The first-order valence-corrected chi connectivity index (χ1v) is 10.3. The van der Waals surface area contributed by atoms with Crippen molar-refractivity contribution < 1.29 is 10.2 Å². The minimum Gasteiger partial charge on any atom is -0.508 e. The normalized spacial score (nSPS) is 14.1. The fraction of sp³-hybridized carbons (Fsp3) is 0.143. The van der Waals surface area contributed by atoms with Crippen LogP contribution in [0.2, 0.25) is 0 Å². The molecule has 2 N–H and O–H groups in total. The minimum atomic E-state index is -0.525. The lowest BCUT2D eigenvalue weighted by Gasteiger charge is -2.42. The van der Waals surface area contributed by atoms with Gasteiger partial charge in [0.25, 0.3) is 0 Å². The van der Waals surface area contributed by atoms with Gasteiger partial charge in [0.1, 0.15) is 11.5 Å². The van der Waals surface area contributed by atoms with E-state index in [1.54, 1.807) is 12.1 Å². The second-order valence-electron chi connectivity index (χ2n) is 8.24. The number of aromatic hydroxyl groups is 2. The fourth-order valence-electron chi connectivity index (χ4n) is 5.00. The molecule has 0 aliphatic heterocycles. The fourth-order valence-corrected chi connectivity index (χ4v) is 5.00. The van der Waals surface area contributed by atoms with Gasteiger partial charge < -0.3 is 10.2 Å². The average molecular weight is 392 g/mol. The minimum absolute atomic E-state index is 0.299. The molecule has 0 heterocycles. The molecule has 0 saturated heterocycles. The van der Waals surface area contributed by atoms with E-state index < -0.39 is 5.41 Å². The highest BCUT2D eigenvalue weighted by atomic mass is 16.3. The zero-order chi connectivity index (χ0) is 20.9. The van der Waals surface area contributed by atoms with Gasteiger partial charge in [-0.2, -0.15) is 0 Å². The standard InChI is InChI=1S/C28H24O2/c1-18-15-22(11-13-26(18)29)28(23-12-14-27(30)19(2)16-23)24-9-5-3-7-20(24)17-21-8-4-6-10-25(21)28/h3-16,29-30H,17H2,1-2H3. The summed E-state index contributed by atoms with van der Waals surface area (Å²) >= 11 is 0. The highest BCUT2D eigenvalue weighted by molar-refractivity contribution is 5.67. The summed E-state index contributed by atoms with van der Waals surface area (Å²) in [4.78, 5) is 0. The van der Waals surface area contributed by atoms with Crippen LogP contribution in [0.15, 0.2) is 84.9 Å². The highest BCUT2D eigenvalue weighted by Crippen LogP contribution is 2.51. The number of hydrogen-bond acceptors (Lipinski definition) is 2. The molecule has 30 heavy (non-hydrogen) atoms. The summed E-state index contributed by atoms with van der Waals surface area (Å²) in [6.45, 7) is 3.88. The van der Waals surface area contributed by atoms with Gasteiger partial charge in [-0.05, 0) is 76.9 Å². The smallest absolute Gasteiger partial charge is 0.118 e. The van der Waals surface area contributed by atoms with Crippen molar-refractivity contribution in [1.29, 1.82) is 0 Å². The van der Waals surface area contributed by atoms with Crippen LogP contribution in [0.1, 0.15) is 44.5 Å². The number of rotatable bonds is 2. The summed E-state index contributed by atoms with van der Waals surface area (Å²) in [6.07, 6.45) is 0.891. The summed E-state index contributed by atoms with van der Waals surface area (Å²) in [5.74, 6) is 0.598. The van der Waals surface area contributed by atoms with Gasteiger partial charge in [-0.25, -0.2) is 0 Å². The highest BCUT2D eigenvalue weighted by Gasteiger charge is 2.43. The van der Waals surface area contributed by atoms with Gasteiger partial charge in [-0.3, -0.25) is 0 Å². The number of hydrogen-bond donors (Lipinski definition) is 2. The van der Waals surface area contributed by atoms with Crippen LogP contribution in [0.4, 0.5) is 0 Å². The van der Waals surface area contributed by atoms with Gasteiger partial charge in [0.2, 0.25) is 0 Å². The first-order valence-electron chi connectivity index (χ1n) is 10.3. The van der Waals surface area contributed by atoms with Crippen LogP contribution in [0, 0.1) is 13.8 Å². The molecule has 0 fully saturated rings. The van der Waals surface area contributed by atoms with Gasteiger partial charge >= 0.3 is 0 Å². The maximum absolute atomic E-state index is 10.2. The van der Waals surface area contributed by atoms with E-state index in [0.29, 0.717) is 11.5 Å². The third kappa shape index (κ3) is 2.57. The van der Waals surface area contributed by atoms with Crippen molar-refractivity contribution in [1.82, 2.24) is 0 Å². The SMILES string of the molecule is Cc1cc(C2(c3ccc(O)c(C)c3)c3ccccc3Cc3ccccc32)ccc1O. The molecule has 0 unspecified atom stereocenters. The van der Waals surface area contributed by atoms with Crippen molar-refractivity contribution in [2.45, 2.75) is 25.7 Å². The van der Waals surface area contributed by atoms with Crippen LogP contribution >= 0.6 is 0 Å². The average Bonchev–Trinajstić information content (AvgIpc) is 2.76. The largest absolute Gasteiger partial charge is 0.508 e. The van der Waals surface area contributed by atoms with Crippen molar-refractivity contribution >= 4 is 0 Å². The molecule has 4 aromatic rings. The molecule has 0 aromatic heterocycles. The Morgan fingerprint density at radius 2 is 1.03 bits per heavy atom. The predicted molar refractivity (Wildman–Crippen MR) is 120 cm³/mol. The Kier molecular flexibility index (Phi) is 4.18. The quantitative estimate of drug-likeness (QED) is 0.387. The molecule has 0 bridgehead atoms. The Bertz CT molecular complexity index is 1170. The number of benzene rings is 4. The molecule has 4 aromatic carbocycles. The van der Waals surface area contributed by atoms with E-state index in [0.717, 1.165) is 28.7 Å². The van der Waals surface area contributed by atoms with E-state index in [1.807, 2.05) is 26.0 Å². The van der Waals surface area contributed by atoms with Gasteiger partial charge in [0.05, 0.1) is 5.41 Å². The van der Waals surface area contributed by atoms with Crippen LogP contribution in [0.3, 0.4) is 0 Å². The maximum atomic E-state index is 10.2. The van der Waals surface area contributed by atoms with Crippen LogP contribution in [0.5, 0.6) is 11.5 Å². The Labute approximate surface area is 177 Å². The van der Waals surface area contributed by atoms with Crippen LogP contribution in [-0.4, -0.2) is 10.2 Å². The summed E-state index contributed by atoms with van der Waals surface area (Å²) in [5.41, 5.74) is 8.50. The van der Waals surface area contributed by atoms with E-state index in [-0.39, 0.29) is 0 Å². The molecule has 1 aliphatic rings. The molecule has 0 radical (unpaired) electrons. The molecule has 0 saturated carbocycles. The Balaban J connectivity index is 1.97. The summed E-state index contributed by atoms with van der Waals surface area (Å²) in [5, 5.41) is 20.5. The van der Waals surface area contributed by atoms with Crippen LogP contribution in [-0.2, 0) is 11.8 Å². The molecule has 0 atom stereocenters. The lowest BCUT2D eigenvalue weighted by molar-refractivity contribution is 0.470. The second kappa shape index (κ2) is 6.77. The van der Waals surface area contributed by atoms with E-state index in [2.05, 4.69) is 60.7 Å². The predicted octanol–water partition coefficient (Wildman–Crippen LogP) is 6.00. The second-order valence-corrected chi connectivity index (χ2v) is 8.24.